The molecule has 1 aliphatic rings. The molecular formula is C18H30NO3Si+. The van der Waals surface area contributed by atoms with Crippen molar-refractivity contribution in [2.45, 2.75) is 64.0 Å². The molecule has 1 aromatic rings. The normalized spacial score (nSPS) is 25.5. The summed E-state index contributed by atoms with van der Waals surface area (Å²) >= 11 is 0. The number of benzene rings is 1. The standard InChI is InChI=1S/C18H30NO3Si/c1-17(2,3)23(6,7)22-19-14-16(13-18(4,20-5)21-19)15-11-9-8-10-12-15/h8-12,14,16H,13H2,1-7H3/q+1/t16-,18+/m1/s1. The molecule has 2 rings (SSSR count). The van der Waals surface area contributed by atoms with Crippen LogP contribution in [0.3, 0.4) is 0 Å². The molecule has 1 aliphatic heterocycles. The fourth-order valence-electron chi connectivity index (χ4n) is 2.29. The first-order valence-electron chi connectivity index (χ1n) is 8.19. The van der Waals surface area contributed by atoms with Crippen LogP contribution in [0.1, 0.15) is 45.6 Å². The van der Waals surface area contributed by atoms with Crippen molar-refractivity contribution >= 4 is 14.5 Å². The topological polar surface area (TPSA) is 30.7 Å². The zero-order valence-electron chi connectivity index (χ0n) is 15.4. The van der Waals surface area contributed by atoms with Crippen LogP contribution in [-0.2, 0) is 14.1 Å². The maximum Gasteiger partial charge on any atom is 0.351 e. The van der Waals surface area contributed by atoms with Gasteiger partial charge < -0.3 is 9.26 Å². The minimum absolute atomic E-state index is 0.105. The minimum atomic E-state index is -1.98. The van der Waals surface area contributed by atoms with Gasteiger partial charge in [-0.3, -0.25) is 0 Å². The zero-order chi connectivity index (χ0) is 17.3. The molecule has 0 spiro atoms. The lowest BCUT2D eigenvalue weighted by molar-refractivity contribution is -0.968. The Morgan fingerprint density at radius 2 is 1.83 bits per heavy atom. The van der Waals surface area contributed by atoms with E-state index in [1.165, 1.54) is 5.56 Å². The summed E-state index contributed by atoms with van der Waals surface area (Å²) in [6.45, 7) is 13.0. The van der Waals surface area contributed by atoms with Crippen LogP contribution in [0.15, 0.2) is 30.3 Å². The molecule has 0 amide bonds. The van der Waals surface area contributed by atoms with Gasteiger partial charge in [0.15, 0.2) is 4.90 Å². The van der Waals surface area contributed by atoms with E-state index in [2.05, 4.69) is 58.1 Å². The quantitative estimate of drug-likeness (QED) is 0.759. The van der Waals surface area contributed by atoms with E-state index < -0.39 is 14.1 Å². The number of hydrogen-bond donors (Lipinski definition) is 0. The third-order valence-corrected chi connectivity index (χ3v) is 9.21. The van der Waals surface area contributed by atoms with Crippen LogP contribution in [0.2, 0.25) is 18.1 Å². The smallest absolute Gasteiger partial charge is 0.339 e. The van der Waals surface area contributed by atoms with Crippen molar-refractivity contribution in [3.8, 4) is 0 Å². The van der Waals surface area contributed by atoms with Crippen molar-refractivity contribution in [2.75, 3.05) is 7.11 Å². The van der Waals surface area contributed by atoms with Gasteiger partial charge in [0.1, 0.15) is 0 Å². The molecule has 0 saturated heterocycles. The van der Waals surface area contributed by atoms with Gasteiger partial charge in [-0.15, -0.1) is 0 Å². The van der Waals surface area contributed by atoms with Gasteiger partial charge in [0, 0.05) is 20.5 Å². The Kier molecular flexibility index (Phi) is 4.92. The highest BCUT2D eigenvalue weighted by atomic mass is 28.4. The Balaban J connectivity index is 2.31. The second-order valence-corrected chi connectivity index (χ2v) is 12.6. The Bertz CT molecular complexity index is 565. The van der Waals surface area contributed by atoms with Crippen LogP contribution in [0.25, 0.3) is 0 Å². The summed E-state index contributed by atoms with van der Waals surface area (Å²) in [6, 6.07) is 10.4. The monoisotopic (exact) mass is 336 g/mol. The third-order valence-electron chi connectivity index (χ3n) is 4.96. The Labute approximate surface area is 141 Å². The van der Waals surface area contributed by atoms with Crippen molar-refractivity contribution in [1.82, 2.24) is 0 Å². The van der Waals surface area contributed by atoms with Crippen molar-refractivity contribution < 1.29 is 19.0 Å². The molecule has 23 heavy (non-hydrogen) atoms. The molecule has 0 fully saturated rings. The van der Waals surface area contributed by atoms with Crippen LogP contribution >= 0.6 is 0 Å². The minimum Gasteiger partial charge on any atom is -0.339 e. The summed E-state index contributed by atoms with van der Waals surface area (Å²) in [7, 11) is -0.306. The maximum absolute atomic E-state index is 6.31. The number of methoxy groups -OCH3 is 1. The molecule has 128 valence electrons. The summed E-state index contributed by atoms with van der Waals surface area (Å²) in [5, 5.41) is 0.105. The predicted octanol–water partition coefficient (Wildman–Crippen LogP) is 4.49. The van der Waals surface area contributed by atoms with Crippen LogP contribution in [-0.4, -0.2) is 32.3 Å². The highest BCUT2D eigenvalue weighted by Crippen LogP contribution is 2.38. The van der Waals surface area contributed by atoms with Gasteiger partial charge in [-0.1, -0.05) is 51.1 Å². The van der Waals surface area contributed by atoms with Crippen molar-refractivity contribution in [1.29, 1.82) is 0 Å². The lowest BCUT2D eigenvalue weighted by Crippen LogP contribution is -2.49. The summed E-state index contributed by atoms with van der Waals surface area (Å²) in [6.07, 6.45) is 2.78. The predicted molar refractivity (Wildman–Crippen MR) is 94.9 cm³/mol. The summed E-state index contributed by atoms with van der Waals surface area (Å²) in [4.78, 5) is 7.53. The number of rotatable bonds is 4. The summed E-state index contributed by atoms with van der Waals surface area (Å²) < 4.78 is 11.9. The van der Waals surface area contributed by atoms with E-state index in [9.17, 15) is 0 Å². The fraction of sp³-hybridized carbons (Fsp3) is 0.611. The molecule has 0 saturated carbocycles. The molecule has 0 radical (unpaired) electrons. The van der Waals surface area contributed by atoms with E-state index in [1.54, 1.807) is 12.0 Å². The molecule has 0 aliphatic carbocycles. The molecule has 5 heteroatoms. The highest BCUT2D eigenvalue weighted by molar-refractivity contribution is 6.73. The van der Waals surface area contributed by atoms with Gasteiger partial charge in [-0.2, -0.15) is 4.84 Å². The molecule has 0 aromatic heterocycles. The second kappa shape index (κ2) is 6.28. The van der Waals surface area contributed by atoms with Gasteiger partial charge in [0.25, 0.3) is 12.0 Å². The molecule has 1 heterocycles. The largest absolute Gasteiger partial charge is 0.351 e. The van der Waals surface area contributed by atoms with E-state index in [1.807, 2.05) is 19.2 Å². The van der Waals surface area contributed by atoms with Gasteiger partial charge >= 0.3 is 8.32 Å². The van der Waals surface area contributed by atoms with E-state index in [0.717, 1.165) is 6.42 Å². The molecule has 1 aromatic carbocycles. The van der Waals surface area contributed by atoms with Gasteiger partial charge in [0.05, 0.1) is 5.92 Å². The number of nitrogens with zero attached hydrogens (tertiary/aromatic N) is 1. The first-order chi connectivity index (χ1) is 10.6. The van der Waals surface area contributed by atoms with Gasteiger partial charge in [0.2, 0.25) is 0 Å². The van der Waals surface area contributed by atoms with E-state index in [0.29, 0.717) is 0 Å². The van der Waals surface area contributed by atoms with Crippen molar-refractivity contribution in [3.63, 3.8) is 0 Å². The third kappa shape index (κ3) is 4.15. The van der Waals surface area contributed by atoms with Gasteiger partial charge in [-0.25, -0.2) is 0 Å². The van der Waals surface area contributed by atoms with Crippen LogP contribution in [0.4, 0.5) is 0 Å². The highest BCUT2D eigenvalue weighted by Gasteiger charge is 2.49. The number of hydrogen-bond acceptors (Lipinski definition) is 3. The molecule has 0 bridgehead atoms. The summed E-state index contributed by atoms with van der Waals surface area (Å²) in [5.74, 6) is -0.503. The fourth-order valence-corrected chi connectivity index (χ4v) is 3.11. The Morgan fingerprint density at radius 1 is 1.22 bits per heavy atom. The molecule has 2 atom stereocenters. The van der Waals surface area contributed by atoms with Crippen LogP contribution in [0.5, 0.6) is 0 Å². The maximum atomic E-state index is 6.31. The average molecular weight is 337 g/mol. The van der Waals surface area contributed by atoms with Crippen molar-refractivity contribution in [3.05, 3.63) is 35.9 Å². The van der Waals surface area contributed by atoms with Crippen LogP contribution < -0.4 is 0 Å². The lowest BCUT2D eigenvalue weighted by Gasteiger charge is -2.34. The van der Waals surface area contributed by atoms with Crippen molar-refractivity contribution in [2.24, 2.45) is 0 Å². The average Bonchev–Trinajstić information content (AvgIpc) is 2.46. The van der Waals surface area contributed by atoms with E-state index in [-0.39, 0.29) is 11.0 Å². The second-order valence-electron chi connectivity index (χ2n) is 7.94. The SMILES string of the molecule is CO[C@]1(C)C[C@@H](c2ccccc2)C=[N+](O[Si](C)(C)C(C)(C)C)O1. The first kappa shape index (κ1) is 18.0. The van der Waals surface area contributed by atoms with E-state index in [4.69, 9.17) is 14.1 Å². The molecule has 0 unspecified atom stereocenters. The summed E-state index contributed by atoms with van der Waals surface area (Å²) in [5.41, 5.74) is 1.24. The lowest BCUT2D eigenvalue weighted by atomic mass is 9.92. The Morgan fingerprint density at radius 3 is 2.35 bits per heavy atom. The Hall–Kier alpha value is -1.33. The van der Waals surface area contributed by atoms with Gasteiger partial charge in [-0.05, 0) is 23.7 Å². The molecule has 0 N–H and O–H groups in total. The zero-order valence-corrected chi connectivity index (χ0v) is 16.4. The first-order valence-corrected chi connectivity index (χ1v) is 11.1. The van der Waals surface area contributed by atoms with Crippen LogP contribution in [0, 0.1) is 0 Å². The molecule has 4 nitrogen and oxygen atoms in total. The van der Waals surface area contributed by atoms with E-state index >= 15 is 0 Å². The molecular weight excluding hydrogens is 306 g/mol. The number of ether oxygens (including phenoxy) is 1.